The molecule has 0 saturated carbocycles. The average Bonchev–Trinajstić information content (AvgIpc) is 3.41. The lowest BCUT2D eigenvalue weighted by Crippen LogP contribution is -2.55. The topological polar surface area (TPSA) is 124 Å². The molecule has 3 aromatic rings. The number of hydrogen-bond donors (Lipinski definition) is 5. The summed E-state index contributed by atoms with van der Waals surface area (Å²) in [4.78, 5) is 17.2. The largest absolute Gasteiger partial charge is 0.434 e. The molecule has 2 aliphatic heterocycles. The molecule has 2 bridgehead atoms. The summed E-state index contributed by atoms with van der Waals surface area (Å²) in [6, 6.07) is 8.97. The SMILES string of the molecule is N[C@H](C(=O)Nc1cccc(F)c1CC[C@H]1CN[C@@H]2CCCS(O)(O)N1C2)[C@@H](c1ccc(Cl)cc1)c1nc(C(F)(F)F)cs1. The summed E-state index contributed by atoms with van der Waals surface area (Å²) in [6.45, 7) is 1.000. The lowest BCUT2D eigenvalue weighted by molar-refractivity contribution is -0.140. The van der Waals surface area contributed by atoms with E-state index in [1.54, 1.807) is 28.6 Å². The summed E-state index contributed by atoms with van der Waals surface area (Å²) in [5.74, 6) is -2.04. The number of nitrogens with two attached hydrogens (primary N) is 1. The highest BCUT2D eigenvalue weighted by molar-refractivity contribution is 8.22. The van der Waals surface area contributed by atoms with Crippen LogP contribution >= 0.6 is 33.7 Å². The Labute approximate surface area is 257 Å². The zero-order valence-electron chi connectivity index (χ0n) is 22.9. The monoisotopic (exact) mass is 661 g/mol. The van der Waals surface area contributed by atoms with E-state index >= 15 is 4.39 Å². The number of carbonyl (C=O) groups is 1. The molecular weight excluding hydrogens is 630 g/mol. The quantitative estimate of drug-likeness (QED) is 0.185. The van der Waals surface area contributed by atoms with Crippen LogP contribution in [0.1, 0.15) is 47.0 Å². The number of anilines is 1. The van der Waals surface area contributed by atoms with E-state index in [-0.39, 0.29) is 34.8 Å². The number of alkyl halides is 3. The number of fused-ring (bicyclic) bond motifs is 2. The van der Waals surface area contributed by atoms with Crippen molar-refractivity contribution < 1.29 is 31.5 Å². The molecule has 6 N–H and O–H groups in total. The highest BCUT2D eigenvalue weighted by Gasteiger charge is 2.39. The molecule has 43 heavy (non-hydrogen) atoms. The van der Waals surface area contributed by atoms with Crippen LogP contribution < -0.4 is 16.4 Å². The third-order valence-electron chi connectivity index (χ3n) is 7.87. The van der Waals surface area contributed by atoms with Gasteiger partial charge in [-0.05, 0) is 55.5 Å². The average molecular weight is 662 g/mol. The van der Waals surface area contributed by atoms with Gasteiger partial charge in [-0.3, -0.25) is 13.9 Å². The number of benzene rings is 2. The number of halogens is 5. The van der Waals surface area contributed by atoms with E-state index in [0.29, 0.717) is 42.3 Å². The standard InChI is InChI=1S/C28H32ClF4N5O3S2/c29-17-8-6-16(7-9-17)24(27-37-23(15-42-27)28(31,32)33)25(34)26(39)36-22-5-1-4-21(30)20(22)11-10-19-13-35-18-3-2-12-43(40,41)38(19)14-18/h1,4-9,15,18-19,24-25,35,40-41H,2-3,10-14,34H2,(H,36,39)/t18-,19+,24-,25+/m1/s1. The van der Waals surface area contributed by atoms with Crippen LogP contribution in [0.25, 0.3) is 0 Å². The molecule has 15 heteroatoms. The summed E-state index contributed by atoms with van der Waals surface area (Å²) in [7, 11) is -2.94. The Bertz CT molecular complexity index is 1440. The van der Waals surface area contributed by atoms with Crippen LogP contribution in [-0.4, -0.2) is 61.3 Å². The molecule has 2 fully saturated rings. The molecule has 1 amide bonds. The van der Waals surface area contributed by atoms with Gasteiger partial charge in [0.2, 0.25) is 5.91 Å². The van der Waals surface area contributed by atoms with Gasteiger partial charge in [-0.15, -0.1) is 22.1 Å². The maximum absolute atomic E-state index is 15.1. The van der Waals surface area contributed by atoms with Crippen molar-refractivity contribution in [3.05, 3.63) is 80.5 Å². The van der Waals surface area contributed by atoms with Crippen LogP contribution in [0.15, 0.2) is 47.8 Å². The van der Waals surface area contributed by atoms with Gasteiger partial charge in [0.15, 0.2) is 5.69 Å². The fourth-order valence-electron chi connectivity index (χ4n) is 5.62. The van der Waals surface area contributed by atoms with Crippen molar-refractivity contribution in [1.82, 2.24) is 14.6 Å². The molecule has 0 spiro atoms. The predicted octanol–water partition coefficient (Wildman–Crippen LogP) is 6.09. The van der Waals surface area contributed by atoms with Crippen LogP contribution in [0.2, 0.25) is 5.02 Å². The van der Waals surface area contributed by atoms with Crippen molar-refractivity contribution in [3.63, 3.8) is 0 Å². The van der Waals surface area contributed by atoms with Crippen LogP contribution in [0.4, 0.5) is 23.2 Å². The Morgan fingerprint density at radius 1 is 1.26 bits per heavy atom. The Kier molecular flexibility index (Phi) is 9.69. The molecule has 5 atom stereocenters. The van der Waals surface area contributed by atoms with Gasteiger partial charge >= 0.3 is 6.18 Å². The van der Waals surface area contributed by atoms with Crippen LogP contribution in [0.5, 0.6) is 0 Å². The Morgan fingerprint density at radius 3 is 2.70 bits per heavy atom. The molecule has 2 aromatic carbocycles. The van der Waals surface area contributed by atoms with Crippen molar-refractivity contribution in [2.75, 3.05) is 24.2 Å². The molecule has 0 aliphatic carbocycles. The smallest absolute Gasteiger partial charge is 0.324 e. The number of piperazine rings is 1. The Morgan fingerprint density at radius 2 is 2.00 bits per heavy atom. The van der Waals surface area contributed by atoms with Crippen molar-refractivity contribution >= 4 is 45.3 Å². The summed E-state index contributed by atoms with van der Waals surface area (Å²) in [5, 5.41) is 7.37. The van der Waals surface area contributed by atoms with E-state index in [2.05, 4.69) is 15.6 Å². The van der Waals surface area contributed by atoms with Crippen molar-refractivity contribution in [2.45, 2.75) is 55.9 Å². The number of carbonyl (C=O) groups excluding carboxylic acids is 1. The number of hydrogen-bond acceptors (Lipinski definition) is 8. The molecule has 234 valence electrons. The number of thiazole rings is 1. The van der Waals surface area contributed by atoms with Gasteiger partial charge in [-0.2, -0.15) is 13.2 Å². The molecule has 0 radical (unpaired) electrons. The van der Waals surface area contributed by atoms with Gasteiger partial charge in [0.05, 0.1) is 17.7 Å². The minimum Gasteiger partial charge on any atom is -0.324 e. The third kappa shape index (κ3) is 7.34. The van der Waals surface area contributed by atoms with Gasteiger partial charge in [0.1, 0.15) is 10.8 Å². The second kappa shape index (κ2) is 13.0. The summed E-state index contributed by atoms with van der Waals surface area (Å²) < 4.78 is 78.4. The first-order valence-electron chi connectivity index (χ1n) is 13.7. The number of rotatable bonds is 8. The van der Waals surface area contributed by atoms with Crippen LogP contribution in [-0.2, 0) is 17.4 Å². The molecule has 1 unspecified atom stereocenters. The highest BCUT2D eigenvalue weighted by atomic mass is 35.5. The third-order valence-corrected chi connectivity index (χ3v) is 11.1. The first-order chi connectivity index (χ1) is 20.3. The van der Waals surface area contributed by atoms with Gasteiger partial charge in [-0.25, -0.2) is 13.7 Å². The maximum Gasteiger partial charge on any atom is 0.434 e. The maximum atomic E-state index is 15.1. The fourth-order valence-corrected chi connectivity index (χ4v) is 8.61. The molecular formula is C28H32ClF4N5O3S2. The van der Waals surface area contributed by atoms with Crippen molar-refractivity contribution in [2.24, 2.45) is 5.73 Å². The molecule has 1 aromatic heterocycles. The number of nitrogens with zero attached hydrogens (tertiary/aromatic N) is 2. The van der Waals surface area contributed by atoms with E-state index in [9.17, 15) is 27.1 Å². The first-order valence-corrected chi connectivity index (χ1v) is 16.6. The predicted molar refractivity (Wildman–Crippen MR) is 161 cm³/mol. The Hall–Kier alpha value is -2.30. The van der Waals surface area contributed by atoms with Gasteiger partial charge in [0.25, 0.3) is 0 Å². The zero-order chi connectivity index (χ0) is 30.9. The zero-order valence-corrected chi connectivity index (χ0v) is 25.2. The van der Waals surface area contributed by atoms with E-state index in [0.717, 1.165) is 23.1 Å². The van der Waals surface area contributed by atoms with Gasteiger partial charge < -0.3 is 16.4 Å². The molecule has 3 heterocycles. The van der Waals surface area contributed by atoms with Crippen LogP contribution in [0.3, 0.4) is 0 Å². The number of aromatic nitrogens is 1. The Balaban J connectivity index is 1.36. The van der Waals surface area contributed by atoms with E-state index in [4.69, 9.17) is 17.3 Å². The van der Waals surface area contributed by atoms with Crippen molar-refractivity contribution in [1.29, 1.82) is 0 Å². The molecule has 5 rings (SSSR count). The minimum absolute atomic E-state index is 0.00342. The highest BCUT2D eigenvalue weighted by Crippen LogP contribution is 2.49. The first kappa shape index (κ1) is 32.1. The fraction of sp³-hybridized carbons (Fsp3) is 0.429. The second-order valence-electron chi connectivity index (χ2n) is 10.8. The molecule has 8 nitrogen and oxygen atoms in total. The van der Waals surface area contributed by atoms with E-state index < -0.39 is 46.3 Å². The number of nitrogens with one attached hydrogen (secondary N) is 2. The van der Waals surface area contributed by atoms with Gasteiger partial charge in [0, 0.05) is 46.8 Å². The van der Waals surface area contributed by atoms with Crippen LogP contribution in [0, 0.1) is 5.82 Å². The lowest BCUT2D eigenvalue weighted by Gasteiger charge is -2.49. The van der Waals surface area contributed by atoms with E-state index in [1.807, 2.05) is 0 Å². The molecule has 2 saturated heterocycles. The number of amides is 1. The summed E-state index contributed by atoms with van der Waals surface area (Å²) in [5.41, 5.74) is 6.13. The minimum atomic E-state index is -4.67. The van der Waals surface area contributed by atoms with E-state index in [1.165, 1.54) is 18.2 Å². The lowest BCUT2D eigenvalue weighted by atomic mass is 9.91. The summed E-state index contributed by atoms with van der Waals surface area (Å²) in [6.07, 6.45) is -2.56. The van der Waals surface area contributed by atoms with Gasteiger partial charge in [-0.1, -0.05) is 29.8 Å². The van der Waals surface area contributed by atoms with Crippen molar-refractivity contribution in [3.8, 4) is 0 Å². The normalized spacial score (nSPS) is 24.0. The second-order valence-corrected chi connectivity index (χ2v) is 14.2. The summed E-state index contributed by atoms with van der Waals surface area (Å²) >= 11 is 6.74. The molecule has 2 aliphatic rings.